The molecule has 0 aliphatic carbocycles. The molecule has 2 atom stereocenters. The third kappa shape index (κ3) is 7.99. The first kappa shape index (κ1) is 22.1. The Morgan fingerprint density at radius 3 is 2.04 bits per heavy atom. The van der Waals surface area contributed by atoms with Crippen LogP contribution < -0.4 is 5.32 Å². The number of ether oxygens (including phenoxy) is 1. The molecule has 0 aromatic carbocycles. The molecule has 6 heteroatoms. The van der Waals surface area contributed by atoms with Gasteiger partial charge in [-0.3, -0.25) is 0 Å². The van der Waals surface area contributed by atoms with Gasteiger partial charge in [-0.1, -0.05) is 32.9 Å². The second-order valence-corrected chi connectivity index (χ2v) is 13.4. The first-order valence-electron chi connectivity index (χ1n) is 8.04. The van der Waals surface area contributed by atoms with E-state index in [4.69, 9.17) is 9.16 Å². The SMILES string of the molecule is C=C(C)[C@H](O)[C@H](CO[Si](C)(C)C(C)(C)C)NC(=O)OC(C)(C)C. The van der Waals surface area contributed by atoms with Crippen LogP contribution in [0.1, 0.15) is 48.5 Å². The first-order chi connectivity index (χ1) is 10.1. The highest BCUT2D eigenvalue weighted by atomic mass is 28.4. The number of hydrogen-bond donors (Lipinski definition) is 2. The van der Waals surface area contributed by atoms with E-state index in [0.717, 1.165) is 0 Å². The molecule has 0 heterocycles. The van der Waals surface area contributed by atoms with Crippen LogP contribution in [-0.4, -0.2) is 43.9 Å². The van der Waals surface area contributed by atoms with Gasteiger partial charge in [0.1, 0.15) is 5.60 Å². The number of nitrogens with one attached hydrogen (secondary N) is 1. The standard InChI is InChI=1S/C17H35NO4Si/c1-12(2)14(19)13(18-15(20)22-16(3,4)5)11-21-23(9,10)17(6,7)8/h13-14,19H,1,11H2,2-10H3,(H,18,20)/t13-,14-/m0/s1. The van der Waals surface area contributed by atoms with Crippen molar-refractivity contribution in [2.75, 3.05) is 6.61 Å². The van der Waals surface area contributed by atoms with Crippen LogP contribution in [0.25, 0.3) is 0 Å². The maximum absolute atomic E-state index is 12.0. The highest BCUT2D eigenvalue weighted by molar-refractivity contribution is 6.74. The quantitative estimate of drug-likeness (QED) is 0.567. The molecule has 0 fully saturated rings. The Bertz CT molecular complexity index is 421. The molecule has 0 saturated heterocycles. The van der Waals surface area contributed by atoms with E-state index in [-0.39, 0.29) is 11.6 Å². The van der Waals surface area contributed by atoms with Crippen LogP contribution >= 0.6 is 0 Å². The Morgan fingerprint density at radius 2 is 1.70 bits per heavy atom. The lowest BCUT2D eigenvalue weighted by atomic mass is 10.1. The number of carbonyl (C=O) groups excluding carboxylic acids is 1. The number of aliphatic hydroxyl groups excluding tert-OH is 1. The molecular formula is C17H35NO4Si. The molecule has 0 aliphatic heterocycles. The highest BCUT2D eigenvalue weighted by Crippen LogP contribution is 2.36. The minimum absolute atomic E-state index is 0.0532. The molecule has 1 amide bonds. The van der Waals surface area contributed by atoms with Gasteiger partial charge in [0.15, 0.2) is 8.32 Å². The van der Waals surface area contributed by atoms with Crippen molar-refractivity contribution >= 4 is 14.4 Å². The van der Waals surface area contributed by atoms with Gasteiger partial charge in [0.25, 0.3) is 0 Å². The third-order valence-corrected chi connectivity index (χ3v) is 8.52. The highest BCUT2D eigenvalue weighted by Gasteiger charge is 2.38. The van der Waals surface area contributed by atoms with Crippen molar-refractivity contribution in [2.45, 2.75) is 84.3 Å². The van der Waals surface area contributed by atoms with E-state index in [1.807, 2.05) is 0 Å². The van der Waals surface area contributed by atoms with Crippen molar-refractivity contribution in [2.24, 2.45) is 0 Å². The molecule has 23 heavy (non-hydrogen) atoms. The predicted octanol–water partition coefficient (Wildman–Crippen LogP) is 3.84. The van der Waals surface area contributed by atoms with Gasteiger partial charge in [-0.05, 0) is 45.8 Å². The van der Waals surface area contributed by atoms with Crippen molar-refractivity contribution in [1.29, 1.82) is 0 Å². The smallest absolute Gasteiger partial charge is 0.408 e. The van der Waals surface area contributed by atoms with Gasteiger partial charge in [-0.2, -0.15) is 0 Å². The van der Waals surface area contributed by atoms with Gasteiger partial charge in [-0.25, -0.2) is 4.79 Å². The van der Waals surface area contributed by atoms with Gasteiger partial charge < -0.3 is 19.6 Å². The summed E-state index contributed by atoms with van der Waals surface area (Å²) in [7, 11) is -1.98. The number of amides is 1. The topological polar surface area (TPSA) is 67.8 Å². The average molecular weight is 346 g/mol. The number of hydrogen-bond acceptors (Lipinski definition) is 4. The molecule has 5 nitrogen and oxygen atoms in total. The number of alkyl carbamates (subject to hydrolysis) is 1. The summed E-state index contributed by atoms with van der Waals surface area (Å²) in [6, 6.07) is -0.587. The van der Waals surface area contributed by atoms with Crippen LogP contribution in [0.4, 0.5) is 4.79 Å². The van der Waals surface area contributed by atoms with Crippen LogP contribution in [0.2, 0.25) is 18.1 Å². The molecule has 0 aromatic heterocycles. The van der Waals surface area contributed by atoms with Gasteiger partial charge in [0, 0.05) is 0 Å². The molecule has 0 radical (unpaired) electrons. The van der Waals surface area contributed by atoms with Crippen molar-refractivity contribution in [3.63, 3.8) is 0 Å². The normalized spacial score (nSPS) is 15.7. The predicted molar refractivity (Wildman–Crippen MR) is 97.1 cm³/mol. The molecule has 0 rings (SSSR count). The van der Waals surface area contributed by atoms with E-state index in [1.165, 1.54) is 0 Å². The Kier molecular flexibility index (Phi) is 7.52. The summed E-state index contributed by atoms with van der Waals surface area (Å²) in [5.74, 6) is 0. The third-order valence-electron chi connectivity index (χ3n) is 4.02. The summed E-state index contributed by atoms with van der Waals surface area (Å²) in [5.41, 5.74) is -0.0202. The van der Waals surface area contributed by atoms with Crippen molar-refractivity contribution in [3.8, 4) is 0 Å². The first-order valence-corrected chi connectivity index (χ1v) is 10.9. The van der Waals surface area contributed by atoms with E-state index in [0.29, 0.717) is 5.57 Å². The summed E-state index contributed by atoms with van der Waals surface area (Å²) in [6.45, 7) is 21.8. The molecule has 2 N–H and O–H groups in total. The van der Waals surface area contributed by atoms with Crippen molar-refractivity contribution in [1.82, 2.24) is 5.32 Å². The molecule has 0 unspecified atom stereocenters. The maximum atomic E-state index is 12.0. The molecule has 0 spiro atoms. The zero-order chi connectivity index (χ0) is 18.6. The fourth-order valence-corrected chi connectivity index (χ4v) is 2.56. The Balaban J connectivity index is 4.98. The number of rotatable bonds is 6. The van der Waals surface area contributed by atoms with Crippen LogP contribution in [0.5, 0.6) is 0 Å². The Labute approximate surface area is 142 Å². The largest absolute Gasteiger partial charge is 0.444 e. The Morgan fingerprint density at radius 1 is 1.22 bits per heavy atom. The van der Waals surface area contributed by atoms with Gasteiger partial charge in [0.05, 0.1) is 18.8 Å². The van der Waals surface area contributed by atoms with E-state index in [9.17, 15) is 9.90 Å². The lowest BCUT2D eigenvalue weighted by Crippen LogP contribution is -2.51. The summed E-state index contributed by atoms with van der Waals surface area (Å²) >= 11 is 0. The minimum atomic E-state index is -1.98. The van der Waals surface area contributed by atoms with Crippen LogP contribution in [0, 0.1) is 0 Å². The molecule has 0 saturated carbocycles. The van der Waals surface area contributed by atoms with Gasteiger partial charge in [-0.15, -0.1) is 0 Å². The average Bonchev–Trinajstić information content (AvgIpc) is 2.29. The zero-order valence-electron chi connectivity index (χ0n) is 16.2. The fraction of sp³-hybridized carbons (Fsp3) is 0.824. The van der Waals surface area contributed by atoms with Gasteiger partial charge in [0.2, 0.25) is 0 Å². The summed E-state index contributed by atoms with van der Waals surface area (Å²) in [6.07, 6.45) is -1.45. The Hall–Kier alpha value is -0.853. The monoisotopic (exact) mass is 345 g/mol. The molecule has 0 aliphatic rings. The second kappa shape index (κ2) is 7.81. The molecule has 136 valence electrons. The number of carbonyl (C=O) groups is 1. The fourth-order valence-electron chi connectivity index (χ4n) is 1.53. The molecule has 0 aromatic rings. The van der Waals surface area contributed by atoms with E-state index < -0.39 is 32.2 Å². The van der Waals surface area contributed by atoms with Crippen LogP contribution in [0.3, 0.4) is 0 Å². The van der Waals surface area contributed by atoms with Crippen LogP contribution in [-0.2, 0) is 9.16 Å². The van der Waals surface area contributed by atoms with E-state index in [1.54, 1.807) is 27.7 Å². The second-order valence-electron chi connectivity index (χ2n) is 8.62. The number of aliphatic hydroxyl groups is 1. The summed E-state index contributed by atoms with van der Waals surface area (Å²) in [4.78, 5) is 12.0. The minimum Gasteiger partial charge on any atom is -0.444 e. The molecule has 0 bridgehead atoms. The lowest BCUT2D eigenvalue weighted by molar-refractivity contribution is 0.0402. The molecular weight excluding hydrogens is 310 g/mol. The van der Waals surface area contributed by atoms with E-state index >= 15 is 0 Å². The van der Waals surface area contributed by atoms with E-state index in [2.05, 4.69) is 45.8 Å². The van der Waals surface area contributed by atoms with Gasteiger partial charge >= 0.3 is 6.09 Å². The van der Waals surface area contributed by atoms with Crippen LogP contribution in [0.15, 0.2) is 12.2 Å². The zero-order valence-corrected chi connectivity index (χ0v) is 17.2. The maximum Gasteiger partial charge on any atom is 0.408 e. The lowest BCUT2D eigenvalue weighted by Gasteiger charge is -2.38. The summed E-state index contributed by atoms with van der Waals surface area (Å²) < 4.78 is 11.4. The summed E-state index contributed by atoms with van der Waals surface area (Å²) in [5, 5.41) is 13.1. The van der Waals surface area contributed by atoms with Crippen molar-refractivity contribution in [3.05, 3.63) is 12.2 Å². The van der Waals surface area contributed by atoms with Crippen molar-refractivity contribution < 1.29 is 19.1 Å².